The van der Waals surface area contributed by atoms with Crippen LogP contribution in [0.25, 0.3) is 0 Å². The smallest absolute Gasteiger partial charge is 0.323 e. The van der Waals surface area contributed by atoms with Gasteiger partial charge < -0.3 is 10.4 Å². The van der Waals surface area contributed by atoms with Crippen molar-refractivity contribution in [3.63, 3.8) is 0 Å². The zero-order chi connectivity index (χ0) is 7.78. The molecule has 1 rings (SSSR count). The summed E-state index contributed by atoms with van der Waals surface area (Å²) in [5.74, 6) is 0. The summed E-state index contributed by atoms with van der Waals surface area (Å²) >= 11 is 0. The third kappa shape index (κ3) is 0.974. The quantitative estimate of drug-likeness (QED) is 0.494. The number of carbonyl (C=O) groups excluding carboxylic acids is 1. The number of nitrogens with zero attached hydrogens (tertiary/aromatic N) is 1. The van der Waals surface area contributed by atoms with Gasteiger partial charge in [0.1, 0.15) is 0 Å². The first-order valence-corrected chi connectivity index (χ1v) is 2.98. The number of aliphatic hydroxyl groups is 1. The van der Waals surface area contributed by atoms with Crippen LogP contribution in [-0.2, 0) is 0 Å². The Bertz CT molecular complexity index is 186. The minimum atomic E-state index is -1.15. The zero-order valence-corrected chi connectivity index (χ0v) is 5.96. The maximum atomic E-state index is 10.8. The molecule has 0 fully saturated rings. The number of amides is 2. The fraction of sp³-hybridized carbons (Fsp3) is 0.500. The molecule has 1 heterocycles. The molecule has 0 aromatic rings. The van der Waals surface area contributed by atoms with Crippen molar-refractivity contribution >= 4 is 6.03 Å². The second-order valence-corrected chi connectivity index (χ2v) is 2.44. The van der Waals surface area contributed by atoms with Gasteiger partial charge in [-0.2, -0.15) is 0 Å². The first-order chi connectivity index (χ1) is 4.54. The summed E-state index contributed by atoms with van der Waals surface area (Å²) in [7, 11) is 1.53. The van der Waals surface area contributed by atoms with E-state index in [0.717, 1.165) is 0 Å². The molecule has 2 amide bonds. The van der Waals surface area contributed by atoms with Gasteiger partial charge in [0.25, 0.3) is 0 Å². The fourth-order valence-electron chi connectivity index (χ4n) is 0.685. The normalized spacial score (nSPS) is 32.3. The van der Waals surface area contributed by atoms with Crippen molar-refractivity contribution in [3.8, 4) is 0 Å². The summed E-state index contributed by atoms with van der Waals surface area (Å²) in [6.07, 6.45) is 2.94. The standard InChI is InChI=1S/C6H10N2O2/c1-6(10)3-4-7-5(9)8(6)2/h3-4,10H,1-2H3,(H,7,9). The molecule has 0 spiro atoms. The van der Waals surface area contributed by atoms with Crippen molar-refractivity contribution in [2.75, 3.05) is 7.05 Å². The summed E-state index contributed by atoms with van der Waals surface area (Å²) in [5.41, 5.74) is -1.15. The number of likely N-dealkylation sites (N-methyl/N-ethyl adjacent to an activating group) is 1. The lowest BCUT2D eigenvalue weighted by Crippen LogP contribution is -2.52. The zero-order valence-electron chi connectivity index (χ0n) is 5.96. The maximum Gasteiger partial charge on any atom is 0.323 e. The topological polar surface area (TPSA) is 52.6 Å². The Morgan fingerprint density at radius 3 is 2.80 bits per heavy atom. The summed E-state index contributed by atoms with van der Waals surface area (Å²) in [6, 6.07) is -0.299. The number of hydrogen-bond acceptors (Lipinski definition) is 2. The highest BCUT2D eigenvalue weighted by atomic mass is 16.3. The average Bonchev–Trinajstić information content (AvgIpc) is 1.83. The van der Waals surface area contributed by atoms with Gasteiger partial charge in [0, 0.05) is 13.2 Å². The van der Waals surface area contributed by atoms with E-state index < -0.39 is 5.72 Å². The van der Waals surface area contributed by atoms with E-state index in [9.17, 15) is 9.90 Å². The Morgan fingerprint density at radius 1 is 1.80 bits per heavy atom. The van der Waals surface area contributed by atoms with E-state index in [0.29, 0.717) is 0 Å². The van der Waals surface area contributed by atoms with Crippen LogP contribution in [0, 0.1) is 0 Å². The number of carbonyl (C=O) groups is 1. The molecule has 10 heavy (non-hydrogen) atoms. The summed E-state index contributed by atoms with van der Waals surface area (Å²) in [6.45, 7) is 1.54. The molecule has 1 aliphatic rings. The van der Waals surface area contributed by atoms with E-state index in [1.807, 2.05) is 0 Å². The lowest BCUT2D eigenvalue weighted by atomic mass is 10.2. The van der Waals surface area contributed by atoms with Gasteiger partial charge >= 0.3 is 6.03 Å². The van der Waals surface area contributed by atoms with E-state index in [1.165, 1.54) is 24.2 Å². The molecule has 1 unspecified atom stereocenters. The van der Waals surface area contributed by atoms with Crippen LogP contribution in [0.1, 0.15) is 6.92 Å². The molecule has 0 saturated heterocycles. The molecule has 4 nitrogen and oxygen atoms in total. The Balaban J connectivity index is 2.87. The lowest BCUT2D eigenvalue weighted by molar-refractivity contribution is -0.0136. The largest absolute Gasteiger partial charge is 0.367 e. The van der Waals surface area contributed by atoms with Gasteiger partial charge in [-0.25, -0.2) is 4.79 Å². The van der Waals surface area contributed by atoms with Crippen LogP contribution >= 0.6 is 0 Å². The van der Waals surface area contributed by atoms with E-state index in [4.69, 9.17) is 0 Å². The molecule has 56 valence electrons. The van der Waals surface area contributed by atoms with Gasteiger partial charge in [0.05, 0.1) is 0 Å². The molecule has 0 aromatic heterocycles. The Labute approximate surface area is 59.1 Å². The van der Waals surface area contributed by atoms with Crippen molar-refractivity contribution in [2.45, 2.75) is 12.6 Å². The minimum absolute atomic E-state index is 0.299. The Morgan fingerprint density at radius 2 is 2.40 bits per heavy atom. The Hall–Kier alpha value is -1.03. The number of hydrogen-bond donors (Lipinski definition) is 2. The van der Waals surface area contributed by atoms with Gasteiger partial charge in [0.2, 0.25) is 0 Å². The lowest BCUT2D eigenvalue weighted by Gasteiger charge is -2.33. The van der Waals surface area contributed by atoms with Crippen molar-refractivity contribution in [2.24, 2.45) is 0 Å². The summed E-state index contributed by atoms with van der Waals surface area (Å²) < 4.78 is 0. The SMILES string of the molecule is CN1C(=O)NC=CC1(C)O. The van der Waals surface area contributed by atoms with E-state index in [-0.39, 0.29) is 6.03 Å². The molecule has 0 bridgehead atoms. The summed E-state index contributed by atoms with van der Waals surface area (Å²) in [4.78, 5) is 12.0. The highest BCUT2D eigenvalue weighted by molar-refractivity contribution is 5.77. The molecule has 0 aromatic carbocycles. The predicted octanol–water partition coefficient (Wildman–Crippen LogP) is -0.136. The molecular weight excluding hydrogens is 132 g/mol. The van der Waals surface area contributed by atoms with Gasteiger partial charge in [-0.15, -0.1) is 0 Å². The molecule has 1 aliphatic heterocycles. The van der Waals surface area contributed by atoms with Crippen LogP contribution in [0.5, 0.6) is 0 Å². The van der Waals surface area contributed by atoms with Gasteiger partial charge in [-0.05, 0) is 13.0 Å². The monoisotopic (exact) mass is 142 g/mol. The highest BCUT2D eigenvalue weighted by Crippen LogP contribution is 2.13. The first-order valence-electron chi connectivity index (χ1n) is 2.98. The van der Waals surface area contributed by atoms with Crippen molar-refractivity contribution in [1.29, 1.82) is 0 Å². The first kappa shape index (κ1) is 7.08. The van der Waals surface area contributed by atoms with Crippen molar-refractivity contribution in [1.82, 2.24) is 10.2 Å². The second-order valence-electron chi connectivity index (χ2n) is 2.44. The molecule has 2 N–H and O–H groups in total. The molecular formula is C6H10N2O2. The Kier molecular flexibility index (Phi) is 1.40. The fourth-order valence-corrected chi connectivity index (χ4v) is 0.685. The summed E-state index contributed by atoms with van der Waals surface area (Å²) in [5, 5.41) is 11.8. The molecule has 0 aliphatic carbocycles. The third-order valence-electron chi connectivity index (χ3n) is 1.59. The maximum absolute atomic E-state index is 10.8. The average molecular weight is 142 g/mol. The van der Waals surface area contributed by atoms with Crippen molar-refractivity contribution in [3.05, 3.63) is 12.3 Å². The molecule has 4 heteroatoms. The van der Waals surface area contributed by atoms with E-state index in [1.54, 1.807) is 6.92 Å². The number of urea groups is 1. The van der Waals surface area contributed by atoms with Crippen LogP contribution < -0.4 is 5.32 Å². The molecule has 0 saturated carbocycles. The van der Waals surface area contributed by atoms with Gasteiger partial charge in [-0.3, -0.25) is 4.90 Å². The van der Waals surface area contributed by atoms with Crippen LogP contribution in [-0.4, -0.2) is 28.8 Å². The highest BCUT2D eigenvalue weighted by Gasteiger charge is 2.29. The van der Waals surface area contributed by atoms with E-state index in [2.05, 4.69) is 5.32 Å². The third-order valence-corrected chi connectivity index (χ3v) is 1.59. The number of rotatable bonds is 0. The van der Waals surface area contributed by atoms with Crippen LogP contribution in [0.4, 0.5) is 4.79 Å². The van der Waals surface area contributed by atoms with Crippen molar-refractivity contribution < 1.29 is 9.90 Å². The van der Waals surface area contributed by atoms with Crippen LogP contribution in [0.15, 0.2) is 12.3 Å². The second kappa shape index (κ2) is 1.98. The van der Waals surface area contributed by atoms with Gasteiger partial charge in [0.15, 0.2) is 5.72 Å². The van der Waals surface area contributed by atoms with Crippen LogP contribution in [0.3, 0.4) is 0 Å². The predicted molar refractivity (Wildman–Crippen MR) is 36.1 cm³/mol. The molecule has 1 atom stereocenters. The van der Waals surface area contributed by atoms with E-state index >= 15 is 0 Å². The number of nitrogens with one attached hydrogen (secondary N) is 1. The minimum Gasteiger partial charge on any atom is -0.367 e. The van der Waals surface area contributed by atoms with Crippen LogP contribution in [0.2, 0.25) is 0 Å². The molecule has 0 radical (unpaired) electrons. The van der Waals surface area contributed by atoms with Gasteiger partial charge in [-0.1, -0.05) is 0 Å².